The molecule has 1 aliphatic rings. The number of aliphatic hydroxyl groups is 1. The third kappa shape index (κ3) is 4.69. The van der Waals surface area contributed by atoms with Crippen LogP contribution < -0.4 is 10.5 Å². The SMILES string of the molecule is CC(C)CN(CC(O)COc1ccccc1N)C1CC1. The quantitative estimate of drug-likeness (QED) is 0.715. The van der Waals surface area contributed by atoms with Crippen molar-refractivity contribution in [2.24, 2.45) is 5.92 Å². The number of nitrogen functional groups attached to an aromatic ring is 1. The molecule has 0 aliphatic heterocycles. The highest BCUT2D eigenvalue weighted by atomic mass is 16.5. The van der Waals surface area contributed by atoms with Gasteiger partial charge in [-0.2, -0.15) is 0 Å². The van der Waals surface area contributed by atoms with Crippen LogP contribution in [0.25, 0.3) is 0 Å². The molecule has 0 aromatic heterocycles. The van der Waals surface area contributed by atoms with E-state index in [4.69, 9.17) is 10.5 Å². The number of hydrogen-bond donors (Lipinski definition) is 2. The van der Waals surface area contributed by atoms with Crippen LogP contribution in [0.2, 0.25) is 0 Å². The third-order valence-corrected chi connectivity index (χ3v) is 3.46. The molecule has 2 rings (SSSR count). The predicted molar refractivity (Wildman–Crippen MR) is 81.8 cm³/mol. The highest BCUT2D eigenvalue weighted by Crippen LogP contribution is 2.27. The van der Waals surface area contributed by atoms with Crippen molar-refractivity contribution in [3.8, 4) is 5.75 Å². The van der Waals surface area contributed by atoms with Gasteiger partial charge in [0.2, 0.25) is 0 Å². The van der Waals surface area contributed by atoms with Crippen molar-refractivity contribution >= 4 is 5.69 Å². The monoisotopic (exact) mass is 278 g/mol. The van der Waals surface area contributed by atoms with Crippen LogP contribution in [0.15, 0.2) is 24.3 Å². The molecule has 0 amide bonds. The fraction of sp³-hybridized carbons (Fsp3) is 0.625. The van der Waals surface area contributed by atoms with Crippen LogP contribution >= 0.6 is 0 Å². The van der Waals surface area contributed by atoms with Gasteiger partial charge in [0.25, 0.3) is 0 Å². The summed E-state index contributed by atoms with van der Waals surface area (Å²) >= 11 is 0. The highest BCUT2D eigenvalue weighted by molar-refractivity contribution is 5.51. The largest absolute Gasteiger partial charge is 0.489 e. The molecule has 0 heterocycles. The smallest absolute Gasteiger partial charge is 0.142 e. The summed E-state index contributed by atoms with van der Waals surface area (Å²) in [6.07, 6.45) is 2.03. The number of nitrogens with two attached hydrogens (primary N) is 1. The minimum Gasteiger partial charge on any atom is -0.489 e. The molecular weight excluding hydrogens is 252 g/mol. The van der Waals surface area contributed by atoms with Gasteiger partial charge in [-0.25, -0.2) is 0 Å². The minimum absolute atomic E-state index is 0.287. The number of anilines is 1. The van der Waals surface area contributed by atoms with E-state index in [1.54, 1.807) is 6.07 Å². The molecule has 1 fully saturated rings. The van der Waals surface area contributed by atoms with Gasteiger partial charge >= 0.3 is 0 Å². The standard InChI is InChI=1S/C16H26N2O2/c1-12(2)9-18(13-7-8-13)10-14(19)11-20-16-6-4-3-5-15(16)17/h3-6,12-14,19H,7-11,17H2,1-2H3. The first-order valence-electron chi connectivity index (χ1n) is 7.45. The van der Waals surface area contributed by atoms with E-state index >= 15 is 0 Å². The lowest BCUT2D eigenvalue weighted by Crippen LogP contribution is -2.39. The summed E-state index contributed by atoms with van der Waals surface area (Å²) in [5.74, 6) is 1.27. The minimum atomic E-state index is -0.478. The Morgan fingerprint density at radius 3 is 2.60 bits per heavy atom. The summed E-state index contributed by atoms with van der Waals surface area (Å²) in [7, 11) is 0. The molecule has 4 heteroatoms. The van der Waals surface area contributed by atoms with Gasteiger partial charge in [0.05, 0.1) is 5.69 Å². The summed E-state index contributed by atoms with van der Waals surface area (Å²) in [5.41, 5.74) is 6.43. The first-order chi connectivity index (χ1) is 9.56. The summed E-state index contributed by atoms with van der Waals surface area (Å²) < 4.78 is 5.60. The maximum absolute atomic E-state index is 10.2. The van der Waals surface area contributed by atoms with Gasteiger partial charge in [-0.05, 0) is 30.9 Å². The molecule has 1 atom stereocenters. The lowest BCUT2D eigenvalue weighted by molar-refractivity contribution is 0.0615. The van der Waals surface area contributed by atoms with Gasteiger partial charge in [0.1, 0.15) is 18.5 Å². The van der Waals surface area contributed by atoms with Crippen LogP contribution in [0, 0.1) is 5.92 Å². The second-order valence-electron chi connectivity index (χ2n) is 6.08. The van der Waals surface area contributed by atoms with Gasteiger partial charge in [-0.1, -0.05) is 26.0 Å². The van der Waals surface area contributed by atoms with Gasteiger partial charge in [0.15, 0.2) is 0 Å². The molecule has 0 bridgehead atoms. The van der Waals surface area contributed by atoms with E-state index in [9.17, 15) is 5.11 Å². The molecule has 0 spiro atoms. The van der Waals surface area contributed by atoms with Crippen molar-refractivity contribution in [2.75, 3.05) is 25.4 Å². The van der Waals surface area contributed by atoms with Gasteiger partial charge in [-0.3, -0.25) is 4.90 Å². The summed E-state index contributed by atoms with van der Waals surface area (Å²) in [4.78, 5) is 2.38. The number of benzene rings is 1. The maximum Gasteiger partial charge on any atom is 0.142 e. The van der Waals surface area contributed by atoms with Crippen LogP contribution in [-0.2, 0) is 0 Å². The van der Waals surface area contributed by atoms with Crippen molar-refractivity contribution in [3.05, 3.63) is 24.3 Å². The highest BCUT2D eigenvalue weighted by Gasteiger charge is 2.30. The molecule has 1 aromatic carbocycles. The van der Waals surface area contributed by atoms with Gasteiger partial charge in [0, 0.05) is 19.1 Å². The van der Waals surface area contributed by atoms with Gasteiger partial charge < -0.3 is 15.6 Å². The molecule has 3 N–H and O–H groups in total. The Bertz CT molecular complexity index is 419. The molecule has 4 nitrogen and oxygen atoms in total. The molecule has 112 valence electrons. The van der Waals surface area contributed by atoms with Gasteiger partial charge in [-0.15, -0.1) is 0 Å². The Morgan fingerprint density at radius 1 is 1.30 bits per heavy atom. The summed E-state index contributed by atoms with van der Waals surface area (Å²) in [6, 6.07) is 8.05. The second-order valence-corrected chi connectivity index (χ2v) is 6.08. The maximum atomic E-state index is 10.2. The number of nitrogens with zero attached hydrogens (tertiary/aromatic N) is 1. The molecule has 1 saturated carbocycles. The zero-order valence-electron chi connectivity index (χ0n) is 12.5. The average Bonchev–Trinajstić information content (AvgIpc) is 3.21. The Morgan fingerprint density at radius 2 is 2.00 bits per heavy atom. The third-order valence-electron chi connectivity index (χ3n) is 3.46. The van der Waals surface area contributed by atoms with Crippen molar-refractivity contribution < 1.29 is 9.84 Å². The predicted octanol–water partition coefficient (Wildman–Crippen LogP) is 2.13. The molecule has 20 heavy (non-hydrogen) atoms. The van der Waals surface area contributed by atoms with Crippen molar-refractivity contribution in [1.29, 1.82) is 0 Å². The molecule has 0 saturated heterocycles. The fourth-order valence-corrected chi connectivity index (χ4v) is 2.40. The van der Waals surface area contributed by atoms with Crippen LogP contribution in [0.3, 0.4) is 0 Å². The van der Waals surface area contributed by atoms with Crippen molar-refractivity contribution in [3.63, 3.8) is 0 Å². The second kappa shape index (κ2) is 6.95. The van der Waals surface area contributed by atoms with E-state index in [0.717, 1.165) is 6.54 Å². The summed E-state index contributed by atoms with van der Waals surface area (Å²) in [6.45, 7) is 6.42. The van der Waals surface area contributed by atoms with E-state index in [2.05, 4.69) is 18.7 Å². The van der Waals surface area contributed by atoms with Crippen molar-refractivity contribution in [1.82, 2.24) is 4.90 Å². The van der Waals surface area contributed by atoms with Crippen LogP contribution in [0.1, 0.15) is 26.7 Å². The summed E-state index contributed by atoms with van der Waals surface area (Å²) in [5, 5.41) is 10.2. The Hall–Kier alpha value is -1.26. The molecule has 1 aliphatic carbocycles. The number of rotatable bonds is 8. The lowest BCUT2D eigenvalue weighted by Gasteiger charge is -2.26. The number of ether oxygens (including phenoxy) is 1. The molecule has 1 unspecified atom stereocenters. The van der Waals surface area contributed by atoms with Crippen LogP contribution in [0.5, 0.6) is 5.75 Å². The van der Waals surface area contributed by atoms with E-state index in [-0.39, 0.29) is 6.61 Å². The number of para-hydroxylation sites is 2. The van der Waals surface area contributed by atoms with Crippen LogP contribution in [0.4, 0.5) is 5.69 Å². The number of hydrogen-bond acceptors (Lipinski definition) is 4. The van der Waals surface area contributed by atoms with E-state index in [0.29, 0.717) is 29.9 Å². The topological polar surface area (TPSA) is 58.7 Å². The first kappa shape index (κ1) is 15.1. The normalized spacial score (nSPS) is 16.6. The lowest BCUT2D eigenvalue weighted by atomic mass is 10.2. The van der Waals surface area contributed by atoms with E-state index in [1.165, 1.54) is 12.8 Å². The van der Waals surface area contributed by atoms with Crippen LogP contribution in [-0.4, -0.2) is 41.8 Å². The van der Waals surface area contributed by atoms with E-state index < -0.39 is 6.10 Å². The average molecular weight is 278 g/mol. The zero-order chi connectivity index (χ0) is 14.5. The van der Waals surface area contributed by atoms with Crippen molar-refractivity contribution in [2.45, 2.75) is 38.8 Å². The first-order valence-corrected chi connectivity index (χ1v) is 7.45. The van der Waals surface area contributed by atoms with E-state index in [1.807, 2.05) is 18.2 Å². The fourth-order valence-electron chi connectivity index (χ4n) is 2.40. The Kier molecular flexibility index (Phi) is 5.26. The Labute approximate surface area is 121 Å². The molecule has 1 aromatic rings. The number of aliphatic hydroxyl groups excluding tert-OH is 1. The molecular formula is C16H26N2O2. The molecule has 0 radical (unpaired) electrons. The Balaban J connectivity index is 1.79. The zero-order valence-corrected chi connectivity index (χ0v) is 12.5.